The van der Waals surface area contributed by atoms with E-state index >= 15 is 0 Å². The van der Waals surface area contributed by atoms with E-state index < -0.39 is 0 Å². The summed E-state index contributed by atoms with van der Waals surface area (Å²) in [6.07, 6.45) is 3.62. The van der Waals surface area contributed by atoms with Crippen molar-refractivity contribution < 1.29 is 9.21 Å². The summed E-state index contributed by atoms with van der Waals surface area (Å²) in [7, 11) is 0. The summed E-state index contributed by atoms with van der Waals surface area (Å²) in [6.45, 7) is 4.79. The third-order valence-corrected chi connectivity index (χ3v) is 4.02. The smallest absolute Gasteiger partial charge is 0.322 e. The Kier molecular flexibility index (Phi) is 3.69. The van der Waals surface area contributed by atoms with E-state index in [4.69, 9.17) is 4.42 Å². The maximum Gasteiger partial charge on any atom is 0.322 e. The summed E-state index contributed by atoms with van der Waals surface area (Å²) >= 11 is 0. The summed E-state index contributed by atoms with van der Waals surface area (Å²) in [5.41, 5.74) is 3.09. The fourth-order valence-electron chi connectivity index (χ4n) is 2.84. The summed E-state index contributed by atoms with van der Waals surface area (Å²) in [6, 6.07) is 9.88. The normalized spacial score (nSPS) is 18.0. The van der Waals surface area contributed by atoms with E-state index in [1.807, 2.05) is 49.1 Å². The molecule has 4 heteroatoms. The summed E-state index contributed by atoms with van der Waals surface area (Å²) in [5.74, 6) is 0.864. The molecule has 110 valence electrons. The molecule has 2 amide bonds. The average molecular weight is 284 g/mol. The highest BCUT2D eigenvalue weighted by atomic mass is 16.3. The first kappa shape index (κ1) is 13.7. The molecule has 0 saturated carbocycles. The second-order valence-electron chi connectivity index (χ2n) is 5.62. The van der Waals surface area contributed by atoms with Crippen LogP contribution in [-0.4, -0.2) is 17.5 Å². The topological polar surface area (TPSA) is 45.5 Å². The Morgan fingerprint density at radius 2 is 2.19 bits per heavy atom. The molecule has 4 nitrogen and oxygen atoms in total. The SMILES string of the molecule is Cc1ccc(C)c(NC(=O)N2CCC[C@H]2c2ccco2)c1. The van der Waals surface area contributed by atoms with Crippen LogP contribution in [0.3, 0.4) is 0 Å². The number of benzene rings is 1. The number of amides is 2. The van der Waals surface area contributed by atoms with Gasteiger partial charge in [0.15, 0.2) is 0 Å². The molecular formula is C17H20N2O2. The van der Waals surface area contributed by atoms with Gasteiger partial charge in [0, 0.05) is 12.2 Å². The molecule has 2 aromatic rings. The number of nitrogens with zero attached hydrogens (tertiary/aromatic N) is 1. The van der Waals surface area contributed by atoms with Gasteiger partial charge in [0.05, 0.1) is 12.3 Å². The van der Waals surface area contributed by atoms with Crippen molar-refractivity contribution in [2.24, 2.45) is 0 Å². The van der Waals surface area contributed by atoms with Gasteiger partial charge < -0.3 is 14.6 Å². The van der Waals surface area contributed by atoms with Crippen LogP contribution in [-0.2, 0) is 0 Å². The molecule has 2 heterocycles. The lowest BCUT2D eigenvalue weighted by atomic mass is 10.1. The van der Waals surface area contributed by atoms with Crippen molar-refractivity contribution in [1.29, 1.82) is 0 Å². The second kappa shape index (κ2) is 5.64. The van der Waals surface area contributed by atoms with Crippen molar-refractivity contribution >= 4 is 11.7 Å². The fraction of sp³-hybridized carbons (Fsp3) is 0.353. The van der Waals surface area contributed by atoms with Gasteiger partial charge in [-0.25, -0.2) is 4.79 Å². The zero-order valence-corrected chi connectivity index (χ0v) is 12.4. The molecule has 1 saturated heterocycles. The predicted octanol–water partition coefficient (Wildman–Crippen LogP) is 4.27. The molecule has 1 aliphatic rings. The first-order chi connectivity index (χ1) is 10.1. The van der Waals surface area contributed by atoms with Crippen molar-refractivity contribution in [3.05, 3.63) is 53.5 Å². The van der Waals surface area contributed by atoms with E-state index in [-0.39, 0.29) is 12.1 Å². The number of rotatable bonds is 2. The molecule has 0 unspecified atom stereocenters. The van der Waals surface area contributed by atoms with Crippen LogP contribution in [0.5, 0.6) is 0 Å². The van der Waals surface area contributed by atoms with Crippen LogP contribution in [0.1, 0.15) is 35.8 Å². The number of hydrogen-bond acceptors (Lipinski definition) is 2. The third-order valence-electron chi connectivity index (χ3n) is 4.02. The number of urea groups is 1. The molecule has 0 spiro atoms. The molecule has 1 aromatic carbocycles. The van der Waals surface area contributed by atoms with E-state index in [2.05, 4.69) is 5.32 Å². The molecular weight excluding hydrogens is 264 g/mol. The number of aryl methyl sites for hydroxylation is 2. The Bertz CT molecular complexity index is 634. The number of likely N-dealkylation sites (tertiary alicyclic amines) is 1. The fourth-order valence-corrected chi connectivity index (χ4v) is 2.84. The van der Waals surface area contributed by atoms with Gasteiger partial charge in [-0.1, -0.05) is 12.1 Å². The standard InChI is InChI=1S/C17H20N2O2/c1-12-7-8-13(2)14(11-12)18-17(20)19-9-3-5-15(19)16-6-4-10-21-16/h4,6-8,10-11,15H,3,5,9H2,1-2H3,(H,18,20)/t15-/m0/s1. The van der Waals surface area contributed by atoms with Gasteiger partial charge in [0.1, 0.15) is 5.76 Å². The lowest BCUT2D eigenvalue weighted by molar-refractivity contribution is 0.200. The van der Waals surface area contributed by atoms with E-state index in [1.165, 1.54) is 0 Å². The van der Waals surface area contributed by atoms with Crippen LogP contribution in [0.4, 0.5) is 10.5 Å². The highest BCUT2D eigenvalue weighted by Gasteiger charge is 2.31. The number of anilines is 1. The first-order valence-electron chi connectivity index (χ1n) is 7.33. The number of hydrogen-bond donors (Lipinski definition) is 1. The Labute approximate surface area is 124 Å². The molecule has 21 heavy (non-hydrogen) atoms. The lowest BCUT2D eigenvalue weighted by Crippen LogP contribution is -2.34. The van der Waals surface area contributed by atoms with Crippen molar-refractivity contribution in [3.63, 3.8) is 0 Å². The minimum atomic E-state index is -0.0531. The van der Waals surface area contributed by atoms with Crippen molar-refractivity contribution in [2.75, 3.05) is 11.9 Å². The predicted molar refractivity (Wildman–Crippen MR) is 82.3 cm³/mol. The van der Waals surface area contributed by atoms with Gasteiger partial charge >= 0.3 is 6.03 Å². The maximum atomic E-state index is 12.6. The molecule has 1 N–H and O–H groups in total. The maximum absolute atomic E-state index is 12.6. The molecule has 1 aliphatic heterocycles. The van der Waals surface area contributed by atoms with Crippen LogP contribution in [0.15, 0.2) is 41.0 Å². The molecule has 0 bridgehead atoms. The highest BCUT2D eigenvalue weighted by Crippen LogP contribution is 2.32. The van der Waals surface area contributed by atoms with E-state index in [1.54, 1.807) is 6.26 Å². The zero-order valence-electron chi connectivity index (χ0n) is 12.4. The number of carbonyl (C=O) groups is 1. The van der Waals surface area contributed by atoms with Crippen LogP contribution in [0.2, 0.25) is 0 Å². The molecule has 1 aromatic heterocycles. The van der Waals surface area contributed by atoms with Crippen molar-refractivity contribution in [3.8, 4) is 0 Å². The van der Waals surface area contributed by atoms with Gasteiger partial charge in [-0.15, -0.1) is 0 Å². The lowest BCUT2D eigenvalue weighted by Gasteiger charge is -2.24. The molecule has 0 radical (unpaired) electrons. The summed E-state index contributed by atoms with van der Waals surface area (Å²) in [5, 5.41) is 3.03. The Balaban J connectivity index is 1.77. The Hall–Kier alpha value is -2.23. The molecule has 1 fully saturated rings. The summed E-state index contributed by atoms with van der Waals surface area (Å²) in [4.78, 5) is 14.4. The third kappa shape index (κ3) is 2.79. The largest absolute Gasteiger partial charge is 0.467 e. The van der Waals surface area contributed by atoms with E-state index in [9.17, 15) is 4.79 Å². The minimum absolute atomic E-state index is 0.0464. The Morgan fingerprint density at radius 3 is 2.95 bits per heavy atom. The number of carbonyl (C=O) groups excluding carboxylic acids is 1. The van der Waals surface area contributed by atoms with E-state index in [0.717, 1.165) is 42.0 Å². The second-order valence-corrected chi connectivity index (χ2v) is 5.62. The average Bonchev–Trinajstić information content (AvgIpc) is 3.12. The van der Waals surface area contributed by atoms with Gasteiger partial charge in [-0.2, -0.15) is 0 Å². The minimum Gasteiger partial charge on any atom is -0.467 e. The van der Waals surface area contributed by atoms with Crippen LogP contribution in [0.25, 0.3) is 0 Å². The monoisotopic (exact) mass is 284 g/mol. The number of nitrogens with one attached hydrogen (secondary N) is 1. The first-order valence-corrected chi connectivity index (χ1v) is 7.33. The van der Waals surface area contributed by atoms with Gasteiger partial charge in [0.25, 0.3) is 0 Å². The van der Waals surface area contributed by atoms with Crippen molar-refractivity contribution in [2.45, 2.75) is 32.7 Å². The summed E-state index contributed by atoms with van der Waals surface area (Å²) < 4.78 is 5.47. The zero-order chi connectivity index (χ0) is 14.8. The van der Waals surface area contributed by atoms with E-state index in [0.29, 0.717) is 0 Å². The van der Waals surface area contributed by atoms with Crippen LogP contribution >= 0.6 is 0 Å². The van der Waals surface area contributed by atoms with Crippen molar-refractivity contribution in [1.82, 2.24) is 4.90 Å². The van der Waals surface area contributed by atoms with Crippen LogP contribution < -0.4 is 5.32 Å². The number of furan rings is 1. The quantitative estimate of drug-likeness (QED) is 0.895. The molecule has 0 aliphatic carbocycles. The molecule has 1 atom stereocenters. The van der Waals surface area contributed by atoms with Gasteiger partial charge in [-0.3, -0.25) is 0 Å². The highest BCUT2D eigenvalue weighted by molar-refractivity contribution is 5.90. The van der Waals surface area contributed by atoms with Gasteiger partial charge in [-0.05, 0) is 56.0 Å². The Morgan fingerprint density at radius 1 is 1.33 bits per heavy atom. The van der Waals surface area contributed by atoms with Crippen LogP contribution in [0, 0.1) is 13.8 Å². The molecule has 3 rings (SSSR count). The van der Waals surface area contributed by atoms with Gasteiger partial charge in [0.2, 0.25) is 0 Å².